The molecule has 1 amide bonds. The zero-order valence-corrected chi connectivity index (χ0v) is 20.0. The second-order valence-corrected chi connectivity index (χ2v) is 9.90. The zero-order valence-electron chi connectivity index (χ0n) is 19.1. The first-order valence-electron chi connectivity index (χ1n) is 11.6. The Morgan fingerprint density at radius 2 is 2.03 bits per heavy atom. The molecule has 174 valence electrons. The predicted octanol–water partition coefficient (Wildman–Crippen LogP) is 3.94. The second-order valence-electron chi connectivity index (χ2n) is 8.81. The van der Waals surface area contributed by atoms with Crippen LogP contribution in [0, 0.1) is 0 Å². The molecule has 2 aromatic heterocycles. The molecule has 2 heterocycles. The van der Waals surface area contributed by atoms with Gasteiger partial charge >= 0.3 is 0 Å². The van der Waals surface area contributed by atoms with Gasteiger partial charge in [-0.25, -0.2) is 4.98 Å². The summed E-state index contributed by atoms with van der Waals surface area (Å²) in [6, 6.07) is 5.88. The third-order valence-electron chi connectivity index (χ3n) is 6.64. The summed E-state index contributed by atoms with van der Waals surface area (Å²) in [6.07, 6.45) is 8.17. The SMILES string of the molecule is COc1ccc(OC)c(CN(C(=O)CCn2cnc3sc4c(c3c2=O)CCCC4)C2CC2)c1. The molecule has 5 rings (SSSR count). The van der Waals surface area contributed by atoms with Gasteiger partial charge in [0.25, 0.3) is 5.56 Å². The average molecular weight is 468 g/mol. The molecule has 3 aromatic rings. The first kappa shape index (κ1) is 21.9. The van der Waals surface area contributed by atoms with Gasteiger partial charge in [-0.2, -0.15) is 0 Å². The minimum atomic E-state index is -0.0142. The summed E-state index contributed by atoms with van der Waals surface area (Å²) in [5.41, 5.74) is 2.09. The lowest BCUT2D eigenvalue weighted by Gasteiger charge is -2.24. The third-order valence-corrected chi connectivity index (χ3v) is 7.84. The summed E-state index contributed by atoms with van der Waals surface area (Å²) >= 11 is 1.65. The van der Waals surface area contributed by atoms with Gasteiger partial charge in [0, 0.05) is 36.0 Å². The number of aryl methyl sites for hydroxylation is 3. The fourth-order valence-electron chi connectivity index (χ4n) is 4.70. The maximum atomic E-state index is 13.2. The number of aromatic nitrogens is 2. The number of benzene rings is 1. The summed E-state index contributed by atoms with van der Waals surface area (Å²) < 4.78 is 12.5. The lowest BCUT2D eigenvalue weighted by atomic mass is 9.97. The number of methoxy groups -OCH3 is 2. The fourth-order valence-corrected chi connectivity index (χ4v) is 5.92. The third kappa shape index (κ3) is 4.36. The summed E-state index contributed by atoms with van der Waals surface area (Å²) in [5.74, 6) is 1.52. The second kappa shape index (κ2) is 9.17. The van der Waals surface area contributed by atoms with Crippen LogP contribution in [0.4, 0.5) is 0 Å². The first-order valence-corrected chi connectivity index (χ1v) is 12.4. The monoisotopic (exact) mass is 467 g/mol. The fraction of sp³-hybridized carbons (Fsp3) is 0.480. The standard InChI is InChI=1S/C25H29N3O4S/c1-31-18-9-10-20(32-2)16(13-18)14-28(17-7-8-17)22(29)11-12-27-15-26-24-23(25(27)30)19-5-3-4-6-21(19)33-24/h9-10,13,15,17H,3-8,11-12,14H2,1-2H3. The number of thiophene rings is 1. The van der Waals surface area contributed by atoms with Crippen LogP contribution >= 0.6 is 11.3 Å². The van der Waals surface area contributed by atoms with Crippen molar-refractivity contribution in [1.29, 1.82) is 0 Å². The van der Waals surface area contributed by atoms with Gasteiger partial charge in [0.1, 0.15) is 16.3 Å². The molecule has 1 fully saturated rings. The molecule has 33 heavy (non-hydrogen) atoms. The van der Waals surface area contributed by atoms with Crippen molar-refractivity contribution >= 4 is 27.5 Å². The zero-order chi connectivity index (χ0) is 22.9. The number of hydrogen-bond donors (Lipinski definition) is 0. The highest BCUT2D eigenvalue weighted by molar-refractivity contribution is 7.18. The van der Waals surface area contributed by atoms with E-state index in [0.717, 1.165) is 59.4 Å². The largest absolute Gasteiger partial charge is 0.497 e. The van der Waals surface area contributed by atoms with Crippen LogP contribution < -0.4 is 15.0 Å². The number of amides is 1. The number of carbonyl (C=O) groups excluding carboxylic acids is 1. The maximum absolute atomic E-state index is 13.2. The molecule has 0 bridgehead atoms. The van der Waals surface area contributed by atoms with E-state index in [1.807, 2.05) is 23.1 Å². The number of rotatable bonds is 8. The highest BCUT2D eigenvalue weighted by Gasteiger charge is 2.33. The molecular formula is C25H29N3O4S. The van der Waals surface area contributed by atoms with Crippen LogP contribution in [-0.2, 0) is 30.7 Å². The summed E-state index contributed by atoms with van der Waals surface area (Å²) in [6.45, 7) is 0.803. The lowest BCUT2D eigenvalue weighted by Crippen LogP contribution is -2.34. The van der Waals surface area contributed by atoms with Gasteiger partial charge in [0.2, 0.25) is 5.91 Å². The van der Waals surface area contributed by atoms with Crippen LogP contribution in [0.15, 0.2) is 29.3 Å². The molecule has 7 nitrogen and oxygen atoms in total. The van der Waals surface area contributed by atoms with E-state index in [1.54, 1.807) is 36.5 Å². The van der Waals surface area contributed by atoms with Crippen LogP contribution in [0.25, 0.3) is 10.2 Å². The van der Waals surface area contributed by atoms with E-state index in [2.05, 4.69) is 4.98 Å². The highest BCUT2D eigenvalue weighted by Crippen LogP contribution is 2.34. The average Bonchev–Trinajstić information content (AvgIpc) is 3.61. The Labute approximate surface area is 197 Å². The van der Waals surface area contributed by atoms with Crippen molar-refractivity contribution in [3.63, 3.8) is 0 Å². The summed E-state index contributed by atoms with van der Waals surface area (Å²) in [5, 5.41) is 0.768. The van der Waals surface area contributed by atoms with Crippen molar-refractivity contribution in [2.24, 2.45) is 0 Å². The molecule has 1 aromatic carbocycles. The molecule has 0 spiro atoms. The molecule has 2 aliphatic carbocycles. The predicted molar refractivity (Wildman–Crippen MR) is 128 cm³/mol. The van der Waals surface area contributed by atoms with Gasteiger partial charge in [-0.15, -0.1) is 11.3 Å². The molecule has 2 aliphatic rings. The quantitative estimate of drug-likeness (QED) is 0.502. The van der Waals surface area contributed by atoms with Gasteiger partial charge in [-0.1, -0.05) is 0 Å². The molecule has 0 radical (unpaired) electrons. The number of carbonyl (C=O) groups is 1. The maximum Gasteiger partial charge on any atom is 0.262 e. The Kier molecular flexibility index (Phi) is 6.10. The molecule has 1 saturated carbocycles. The van der Waals surface area contributed by atoms with E-state index in [4.69, 9.17) is 9.47 Å². The molecular weight excluding hydrogens is 438 g/mol. The number of nitrogens with zero attached hydrogens (tertiary/aromatic N) is 3. The Hall–Kier alpha value is -2.87. The lowest BCUT2D eigenvalue weighted by molar-refractivity contribution is -0.132. The minimum Gasteiger partial charge on any atom is -0.497 e. The van der Waals surface area contributed by atoms with Gasteiger partial charge in [-0.3, -0.25) is 14.2 Å². The van der Waals surface area contributed by atoms with E-state index >= 15 is 0 Å². The Morgan fingerprint density at radius 3 is 2.79 bits per heavy atom. The van der Waals surface area contributed by atoms with E-state index in [1.165, 1.54) is 16.9 Å². The van der Waals surface area contributed by atoms with Gasteiger partial charge in [0.05, 0.1) is 25.9 Å². The minimum absolute atomic E-state index is 0.0142. The van der Waals surface area contributed by atoms with Gasteiger partial charge in [0.15, 0.2) is 0 Å². The Balaban J connectivity index is 1.34. The van der Waals surface area contributed by atoms with Crippen molar-refractivity contribution in [3.05, 3.63) is 50.9 Å². The normalized spacial score (nSPS) is 15.3. The van der Waals surface area contributed by atoms with Crippen LogP contribution in [0.2, 0.25) is 0 Å². The number of fused-ring (bicyclic) bond motifs is 3. The summed E-state index contributed by atoms with van der Waals surface area (Å²) in [7, 11) is 3.26. The highest BCUT2D eigenvalue weighted by atomic mass is 32.1. The van der Waals surface area contributed by atoms with E-state index in [9.17, 15) is 9.59 Å². The van der Waals surface area contributed by atoms with E-state index in [-0.39, 0.29) is 23.9 Å². The van der Waals surface area contributed by atoms with Gasteiger partial charge < -0.3 is 14.4 Å². The van der Waals surface area contributed by atoms with Crippen LogP contribution in [0.3, 0.4) is 0 Å². The van der Waals surface area contributed by atoms with Crippen molar-refractivity contribution < 1.29 is 14.3 Å². The molecule has 0 N–H and O–H groups in total. The number of hydrogen-bond acceptors (Lipinski definition) is 6. The first-order chi connectivity index (χ1) is 16.1. The molecule has 8 heteroatoms. The number of ether oxygens (including phenoxy) is 2. The van der Waals surface area contributed by atoms with Crippen LogP contribution in [0.1, 0.15) is 48.1 Å². The van der Waals surface area contributed by atoms with Crippen molar-refractivity contribution in [3.8, 4) is 11.5 Å². The van der Waals surface area contributed by atoms with Crippen LogP contribution in [0.5, 0.6) is 11.5 Å². The van der Waals surface area contributed by atoms with E-state index in [0.29, 0.717) is 13.1 Å². The van der Waals surface area contributed by atoms with Crippen molar-refractivity contribution in [2.75, 3.05) is 14.2 Å². The van der Waals surface area contributed by atoms with Crippen molar-refractivity contribution in [2.45, 2.75) is 64.1 Å². The topological polar surface area (TPSA) is 73.7 Å². The Morgan fingerprint density at radius 1 is 1.21 bits per heavy atom. The smallest absolute Gasteiger partial charge is 0.262 e. The van der Waals surface area contributed by atoms with Gasteiger partial charge in [-0.05, 0) is 62.3 Å². The molecule has 0 atom stereocenters. The van der Waals surface area contributed by atoms with Crippen molar-refractivity contribution in [1.82, 2.24) is 14.5 Å². The summed E-state index contributed by atoms with van der Waals surface area (Å²) in [4.78, 5) is 35.1. The van der Waals surface area contributed by atoms with Crippen LogP contribution in [-0.4, -0.2) is 40.6 Å². The Bertz CT molecular complexity index is 1240. The molecule has 0 unspecified atom stereocenters. The molecule has 0 aliphatic heterocycles. The molecule has 0 saturated heterocycles. The van der Waals surface area contributed by atoms with E-state index < -0.39 is 0 Å².